The molecule has 0 atom stereocenters. The second-order valence-corrected chi connectivity index (χ2v) is 5.02. The molecular formula is C13H10ClF2N5O2. The molecule has 0 unspecified atom stereocenters. The number of nitrogen functional groups attached to an aromatic ring is 1. The molecule has 0 saturated heterocycles. The van der Waals surface area contributed by atoms with Gasteiger partial charge in [0.05, 0.1) is 13.7 Å². The second kappa shape index (κ2) is 5.51. The number of nitrogens with two attached hydrogens (primary N) is 1. The minimum atomic E-state index is -0.851. The van der Waals surface area contributed by atoms with Crippen LogP contribution in [-0.4, -0.2) is 26.6 Å². The normalized spacial score (nSPS) is 11.1. The first-order valence-electron chi connectivity index (χ1n) is 6.34. The third-order valence-corrected chi connectivity index (χ3v) is 3.54. The fraction of sp³-hybridized carbons (Fsp3) is 0.154. The molecule has 7 nitrogen and oxygen atoms in total. The number of ether oxygens (including phenoxy) is 1. The quantitative estimate of drug-likeness (QED) is 0.706. The molecule has 0 aliphatic rings. The smallest absolute Gasteiger partial charge is 0.328 e. The molecule has 2 heterocycles. The van der Waals surface area contributed by atoms with E-state index in [2.05, 4.69) is 15.0 Å². The van der Waals surface area contributed by atoms with E-state index in [1.807, 2.05) is 0 Å². The number of aromatic amines is 1. The number of rotatable bonds is 3. The Morgan fingerprint density at radius 3 is 2.61 bits per heavy atom. The van der Waals surface area contributed by atoms with Crippen LogP contribution in [0.25, 0.3) is 11.2 Å². The predicted octanol–water partition coefficient (Wildman–Crippen LogP) is 1.69. The lowest BCUT2D eigenvalue weighted by Crippen LogP contribution is -2.19. The zero-order valence-electron chi connectivity index (χ0n) is 11.7. The summed E-state index contributed by atoms with van der Waals surface area (Å²) < 4.78 is 33.9. The highest BCUT2D eigenvalue weighted by Gasteiger charge is 2.18. The van der Waals surface area contributed by atoms with Crippen molar-refractivity contribution >= 4 is 28.7 Å². The van der Waals surface area contributed by atoms with Gasteiger partial charge in [-0.05, 0) is 0 Å². The van der Waals surface area contributed by atoms with Gasteiger partial charge < -0.3 is 15.5 Å². The lowest BCUT2D eigenvalue weighted by atomic mass is 10.2. The highest BCUT2D eigenvalue weighted by atomic mass is 35.5. The van der Waals surface area contributed by atoms with Gasteiger partial charge in [0, 0.05) is 17.7 Å². The highest BCUT2D eigenvalue weighted by molar-refractivity contribution is 6.33. The first kappa shape index (κ1) is 15.2. The van der Waals surface area contributed by atoms with Crippen molar-refractivity contribution in [1.29, 1.82) is 0 Å². The minimum absolute atomic E-state index is 0.0321. The molecule has 3 rings (SSSR count). The van der Waals surface area contributed by atoms with Crippen molar-refractivity contribution in [3.8, 4) is 5.75 Å². The molecular weight excluding hydrogens is 332 g/mol. The van der Waals surface area contributed by atoms with Crippen molar-refractivity contribution in [2.45, 2.75) is 6.54 Å². The fourth-order valence-electron chi connectivity index (χ4n) is 2.16. The Kier molecular flexibility index (Phi) is 3.64. The van der Waals surface area contributed by atoms with Crippen molar-refractivity contribution in [2.24, 2.45) is 0 Å². The second-order valence-electron chi connectivity index (χ2n) is 4.66. The van der Waals surface area contributed by atoms with E-state index in [-0.39, 0.29) is 33.6 Å². The van der Waals surface area contributed by atoms with Crippen molar-refractivity contribution < 1.29 is 13.5 Å². The lowest BCUT2D eigenvalue weighted by molar-refractivity contribution is 0.404. The average Bonchev–Trinajstić information content (AvgIpc) is 2.79. The van der Waals surface area contributed by atoms with Crippen LogP contribution in [0.1, 0.15) is 5.56 Å². The molecule has 0 aliphatic carbocycles. The molecule has 2 aromatic heterocycles. The standard InChI is InChI=1S/C13H10ClF2N5O2/c1-23-5-2-7(15)6(8(16)3-5)4-21-11-9(18-13(21)22)10(14)19-12(17)20-11/h2-3H,4H2,1H3,(H,18,22)(H2,17,19,20). The minimum Gasteiger partial charge on any atom is -0.497 e. The Hall–Kier alpha value is -2.68. The number of imidazole rings is 1. The summed E-state index contributed by atoms with van der Waals surface area (Å²) in [6.45, 7) is -0.396. The van der Waals surface area contributed by atoms with E-state index in [9.17, 15) is 13.6 Å². The monoisotopic (exact) mass is 341 g/mol. The number of anilines is 1. The van der Waals surface area contributed by atoms with Crippen LogP contribution in [0.5, 0.6) is 5.75 Å². The lowest BCUT2D eigenvalue weighted by Gasteiger charge is -2.08. The SMILES string of the molecule is COc1cc(F)c(Cn2c(=O)[nH]c3c(Cl)nc(N)nc32)c(F)c1. The Morgan fingerprint density at radius 2 is 2.00 bits per heavy atom. The zero-order chi connectivity index (χ0) is 16.7. The maximum Gasteiger partial charge on any atom is 0.328 e. The zero-order valence-corrected chi connectivity index (χ0v) is 12.5. The Balaban J connectivity index is 2.16. The van der Waals surface area contributed by atoms with Gasteiger partial charge in [0.2, 0.25) is 5.95 Å². The third kappa shape index (κ3) is 2.59. The molecule has 120 valence electrons. The van der Waals surface area contributed by atoms with Crippen LogP contribution in [0.15, 0.2) is 16.9 Å². The van der Waals surface area contributed by atoms with Crippen molar-refractivity contribution in [2.75, 3.05) is 12.8 Å². The van der Waals surface area contributed by atoms with Gasteiger partial charge in [-0.25, -0.2) is 13.6 Å². The van der Waals surface area contributed by atoms with Gasteiger partial charge in [0.1, 0.15) is 22.9 Å². The van der Waals surface area contributed by atoms with E-state index >= 15 is 0 Å². The molecule has 0 spiro atoms. The number of hydrogen-bond donors (Lipinski definition) is 2. The van der Waals surface area contributed by atoms with Crippen LogP contribution in [0, 0.1) is 11.6 Å². The molecule has 0 bridgehead atoms. The van der Waals surface area contributed by atoms with Crippen molar-refractivity contribution in [1.82, 2.24) is 19.5 Å². The number of nitrogens with zero attached hydrogens (tertiary/aromatic N) is 3. The average molecular weight is 342 g/mol. The highest BCUT2D eigenvalue weighted by Crippen LogP contribution is 2.23. The van der Waals surface area contributed by atoms with E-state index in [1.54, 1.807) is 0 Å². The topological polar surface area (TPSA) is 98.8 Å². The fourth-order valence-corrected chi connectivity index (χ4v) is 2.38. The van der Waals surface area contributed by atoms with Crippen LogP contribution in [-0.2, 0) is 6.54 Å². The van der Waals surface area contributed by atoms with Crippen LogP contribution >= 0.6 is 11.6 Å². The van der Waals surface area contributed by atoms with Gasteiger partial charge in [0.15, 0.2) is 10.8 Å². The van der Waals surface area contributed by atoms with E-state index in [0.29, 0.717) is 0 Å². The van der Waals surface area contributed by atoms with Gasteiger partial charge in [-0.3, -0.25) is 4.57 Å². The molecule has 3 N–H and O–H groups in total. The molecule has 0 aliphatic heterocycles. The number of methoxy groups -OCH3 is 1. The van der Waals surface area contributed by atoms with Gasteiger partial charge in [0.25, 0.3) is 0 Å². The third-order valence-electron chi connectivity index (χ3n) is 3.26. The maximum atomic E-state index is 14.1. The number of fused-ring (bicyclic) bond motifs is 1. The van der Waals surface area contributed by atoms with Crippen LogP contribution in [0.3, 0.4) is 0 Å². The Bertz CT molecular complexity index is 946. The first-order valence-corrected chi connectivity index (χ1v) is 6.72. The number of hydrogen-bond acceptors (Lipinski definition) is 5. The summed E-state index contributed by atoms with van der Waals surface area (Å²) in [6.07, 6.45) is 0. The van der Waals surface area contributed by atoms with Gasteiger partial charge >= 0.3 is 5.69 Å². The molecule has 10 heteroatoms. The summed E-state index contributed by atoms with van der Waals surface area (Å²) in [5, 5.41) is -0.0565. The molecule has 0 radical (unpaired) electrons. The molecule has 1 aromatic carbocycles. The number of aromatic nitrogens is 4. The summed E-state index contributed by atoms with van der Waals surface area (Å²) in [7, 11) is 1.29. The maximum absolute atomic E-state index is 14.1. The van der Waals surface area contributed by atoms with E-state index in [0.717, 1.165) is 16.7 Å². The molecule has 23 heavy (non-hydrogen) atoms. The molecule has 0 fully saturated rings. The van der Waals surface area contributed by atoms with Gasteiger partial charge in [-0.15, -0.1) is 0 Å². The predicted molar refractivity (Wildman–Crippen MR) is 79.6 cm³/mol. The number of H-pyrrole nitrogens is 1. The van der Waals surface area contributed by atoms with Gasteiger partial charge in [-0.2, -0.15) is 9.97 Å². The van der Waals surface area contributed by atoms with E-state index in [4.69, 9.17) is 22.1 Å². The molecule has 0 amide bonds. The summed E-state index contributed by atoms with van der Waals surface area (Å²) in [6, 6.07) is 2.04. The summed E-state index contributed by atoms with van der Waals surface area (Å²) in [4.78, 5) is 22.0. The largest absolute Gasteiger partial charge is 0.497 e. The first-order chi connectivity index (χ1) is 10.9. The van der Waals surface area contributed by atoms with Crippen molar-refractivity contribution in [3.05, 3.63) is 45.0 Å². The van der Waals surface area contributed by atoms with Crippen LogP contribution in [0.4, 0.5) is 14.7 Å². The van der Waals surface area contributed by atoms with Crippen LogP contribution < -0.4 is 16.2 Å². The van der Waals surface area contributed by atoms with Gasteiger partial charge in [-0.1, -0.05) is 11.6 Å². The van der Waals surface area contributed by atoms with E-state index in [1.165, 1.54) is 7.11 Å². The Morgan fingerprint density at radius 1 is 1.35 bits per heavy atom. The number of nitrogens with one attached hydrogen (secondary N) is 1. The summed E-state index contributed by atoms with van der Waals surface area (Å²) in [5.74, 6) is -1.83. The van der Waals surface area contributed by atoms with Crippen molar-refractivity contribution in [3.63, 3.8) is 0 Å². The summed E-state index contributed by atoms with van der Waals surface area (Å²) in [5.41, 5.74) is 4.73. The molecule has 0 saturated carbocycles. The Labute approximate surface area is 132 Å². The number of benzene rings is 1. The molecule has 3 aromatic rings. The number of halogens is 3. The van der Waals surface area contributed by atoms with Crippen LogP contribution in [0.2, 0.25) is 5.15 Å². The summed E-state index contributed by atoms with van der Waals surface area (Å²) >= 11 is 5.87. The van der Waals surface area contributed by atoms with E-state index < -0.39 is 23.9 Å².